The summed E-state index contributed by atoms with van der Waals surface area (Å²) in [4.78, 5) is 22.2. The summed E-state index contributed by atoms with van der Waals surface area (Å²) in [5.41, 5.74) is 0.195. The van der Waals surface area contributed by atoms with Crippen molar-refractivity contribution in [2.45, 2.75) is 6.92 Å². The molecule has 1 aromatic heterocycles. The van der Waals surface area contributed by atoms with Crippen molar-refractivity contribution < 1.29 is 19.4 Å². The number of aromatic carboxylic acids is 1. The van der Waals surface area contributed by atoms with Gasteiger partial charge >= 0.3 is 11.9 Å². The van der Waals surface area contributed by atoms with Crippen LogP contribution in [0, 0.1) is 0 Å². The molecule has 4 nitrogen and oxygen atoms in total. The largest absolute Gasteiger partial charge is 0.478 e. The van der Waals surface area contributed by atoms with E-state index in [0.29, 0.717) is 11.5 Å². The molecule has 0 radical (unpaired) electrons. The first-order chi connectivity index (χ1) is 7.15. The van der Waals surface area contributed by atoms with Crippen LogP contribution < -0.4 is 0 Å². The quantitative estimate of drug-likeness (QED) is 0.630. The van der Waals surface area contributed by atoms with Crippen LogP contribution in [0.15, 0.2) is 17.5 Å². The molecule has 0 fully saturated rings. The minimum Gasteiger partial charge on any atom is -0.478 e. The highest BCUT2D eigenvalue weighted by Gasteiger charge is 2.08. The van der Waals surface area contributed by atoms with Crippen molar-refractivity contribution in [2.75, 3.05) is 6.61 Å². The smallest absolute Gasteiger partial charge is 0.337 e. The van der Waals surface area contributed by atoms with Crippen molar-refractivity contribution in [1.82, 2.24) is 0 Å². The van der Waals surface area contributed by atoms with E-state index in [2.05, 4.69) is 4.74 Å². The van der Waals surface area contributed by atoms with Gasteiger partial charge in [0.15, 0.2) is 0 Å². The number of thiophene rings is 1. The maximum atomic E-state index is 11.0. The highest BCUT2D eigenvalue weighted by Crippen LogP contribution is 2.18. The zero-order valence-electron chi connectivity index (χ0n) is 8.10. The van der Waals surface area contributed by atoms with Crippen molar-refractivity contribution in [1.29, 1.82) is 0 Å². The molecule has 1 N–H and O–H groups in total. The average Bonchev–Trinajstić information content (AvgIpc) is 2.63. The molecule has 5 heteroatoms. The number of carboxylic acid groups (broad SMARTS) is 1. The molecular weight excluding hydrogens is 216 g/mol. The number of carbonyl (C=O) groups excluding carboxylic acids is 1. The summed E-state index contributed by atoms with van der Waals surface area (Å²) in [5.74, 6) is -1.47. The molecule has 1 aromatic rings. The molecule has 15 heavy (non-hydrogen) atoms. The van der Waals surface area contributed by atoms with Crippen molar-refractivity contribution in [3.05, 3.63) is 28.0 Å². The van der Waals surface area contributed by atoms with E-state index in [9.17, 15) is 9.59 Å². The number of carboxylic acids is 1. The molecule has 0 spiro atoms. The highest BCUT2D eigenvalue weighted by atomic mass is 32.1. The lowest BCUT2D eigenvalue weighted by Crippen LogP contribution is -1.99. The summed E-state index contributed by atoms with van der Waals surface area (Å²) in [7, 11) is 0. The van der Waals surface area contributed by atoms with Crippen LogP contribution >= 0.6 is 11.3 Å². The van der Waals surface area contributed by atoms with Gasteiger partial charge in [-0.05, 0) is 24.4 Å². The van der Waals surface area contributed by atoms with Crippen LogP contribution in [0.5, 0.6) is 0 Å². The van der Waals surface area contributed by atoms with Crippen LogP contribution in [0.3, 0.4) is 0 Å². The predicted molar refractivity (Wildman–Crippen MR) is 56.9 cm³/mol. The van der Waals surface area contributed by atoms with Gasteiger partial charge in [0.25, 0.3) is 0 Å². The van der Waals surface area contributed by atoms with Crippen molar-refractivity contribution >= 4 is 29.4 Å². The van der Waals surface area contributed by atoms with E-state index in [0.717, 1.165) is 0 Å². The molecule has 0 aliphatic carbocycles. The van der Waals surface area contributed by atoms with E-state index in [4.69, 9.17) is 5.11 Å². The van der Waals surface area contributed by atoms with Gasteiger partial charge in [-0.25, -0.2) is 9.59 Å². The molecular formula is C10H10O4S. The van der Waals surface area contributed by atoms with Crippen molar-refractivity contribution in [3.63, 3.8) is 0 Å². The summed E-state index contributed by atoms with van der Waals surface area (Å²) >= 11 is 1.26. The molecule has 0 saturated heterocycles. The lowest BCUT2D eigenvalue weighted by molar-refractivity contribution is -0.137. The van der Waals surface area contributed by atoms with Crippen LogP contribution in [0.2, 0.25) is 0 Å². The first-order valence-electron chi connectivity index (χ1n) is 4.30. The third kappa shape index (κ3) is 3.21. The number of carbonyl (C=O) groups is 2. The fraction of sp³-hybridized carbons (Fsp3) is 0.200. The average molecular weight is 226 g/mol. The van der Waals surface area contributed by atoms with E-state index in [1.54, 1.807) is 12.3 Å². The van der Waals surface area contributed by atoms with Gasteiger partial charge in [-0.2, -0.15) is 0 Å². The molecule has 0 bridgehead atoms. The van der Waals surface area contributed by atoms with Crippen molar-refractivity contribution in [3.8, 4) is 0 Å². The summed E-state index contributed by atoms with van der Waals surface area (Å²) in [5, 5.41) is 10.4. The van der Waals surface area contributed by atoms with Crippen LogP contribution in [-0.2, 0) is 9.53 Å². The second-order valence-corrected chi connectivity index (χ2v) is 3.54. The Morgan fingerprint density at radius 1 is 1.60 bits per heavy atom. The summed E-state index contributed by atoms with van der Waals surface area (Å²) in [6.45, 7) is 2.01. The predicted octanol–water partition coefficient (Wildman–Crippen LogP) is 2.02. The second-order valence-electron chi connectivity index (χ2n) is 2.59. The Balaban J connectivity index is 2.76. The first kappa shape index (κ1) is 11.5. The van der Waals surface area contributed by atoms with Crippen LogP contribution in [0.4, 0.5) is 0 Å². The fourth-order valence-electron chi connectivity index (χ4n) is 0.961. The third-order valence-electron chi connectivity index (χ3n) is 1.58. The lowest BCUT2D eigenvalue weighted by atomic mass is 10.2. The van der Waals surface area contributed by atoms with E-state index in [1.807, 2.05) is 0 Å². The zero-order chi connectivity index (χ0) is 11.3. The van der Waals surface area contributed by atoms with Crippen LogP contribution in [0.25, 0.3) is 6.08 Å². The number of hydrogen-bond donors (Lipinski definition) is 1. The number of hydrogen-bond acceptors (Lipinski definition) is 4. The molecule has 0 aliphatic rings. The van der Waals surface area contributed by atoms with Gasteiger partial charge < -0.3 is 9.84 Å². The van der Waals surface area contributed by atoms with Crippen LogP contribution in [-0.4, -0.2) is 23.7 Å². The van der Waals surface area contributed by atoms with E-state index >= 15 is 0 Å². The molecule has 0 aliphatic heterocycles. The fourth-order valence-corrected chi connectivity index (χ4v) is 1.74. The Bertz CT molecular complexity index is 392. The highest BCUT2D eigenvalue weighted by molar-refractivity contribution is 7.11. The minimum absolute atomic E-state index is 0.195. The summed E-state index contributed by atoms with van der Waals surface area (Å²) < 4.78 is 4.67. The van der Waals surface area contributed by atoms with Gasteiger partial charge in [0, 0.05) is 11.0 Å². The molecule has 0 amide bonds. The van der Waals surface area contributed by atoms with Gasteiger partial charge in [-0.3, -0.25) is 0 Å². The molecule has 1 heterocycles. The molecule has 0 aromatic carbocycles. The molecule has 1 rings (SSSR count). The zero-order valence-corrected chi connectivity index (χ0v) is 8.91. The van der Waals surface area contributed by atoms with Crippen molar-refractivity contribution in [2.24, 2.45) is 0 Å². The van der Waals surface area contributed by atoms with Gasteiger partial charge in [0.2, 0.25) is 0 Å². The lowest BCUT2D eigenvalue weighted by Gasteiger charge is -1.94. The number of rotatable bonds is 4. The third-order valence-corrected chi connectivity index (χ3v) is 2.47. The first-order valence-corrected chi connectivity index (χ1v) is 5.18. The monoisotopic (exact) mass is 226 g/mol. The van der Waals surface area contributed by atoms with Crippen LogP contribution in [0.1, 0.15) is 22.2 Å². The number of esters is 1. The molecule has 0 saturated carbocycles. The Hall–Kier alpha value is -1.62. The Kier molecular flexibility index (Phi) is 4.05. The van der Waals surface area contributed by atoms with E-state index < -0.39 is 11.9 Å². The SMILES string of the molecule is CCOC(=O)C=Cc1sccc1C(=O)O. The summed E-state index contributed by atoms with van der Waals surface area (Å²) in [6.07, 6.45) is 2.67. The molecule has 0 unspecified atom stereocenters. The van der Waals surface area contributed by atoms with Gasteiger partial charge in [0.1, 0.15) is 0 Å². The van der Waals surface area contributed by atoms with E-state index in [-0.39, 0.29) is 5.56 Å². The van der Waals surface area contributed by atoms with E-state index in [1.165, 1.54) is 29.6 Å². The maximum Gasteiger partial charge on any atom is 0.337 e. The number of ether oxygens (including phenoxy) is 1. The standard InChI is InChI=1S/C10H10O4S/c1-2-14-9(11)4-3-8-7(10(12)13)5-6-15-8/h3-6H,2H2,1H3,(H,12,13). The molecule has 0 atom stereocenters. The Labute approximate surface area is 90.8 Å². The molecule has 80 valence electrons. The van der Waals surface area contributed by atoms with Gasteiger partial charge in [-0.15, -0.1) is 11.3 Å². The normalized spacial score (nSPS) is 10.5. The summed E-state index contributed by atoms with van der Waals surface area (Å²) in [6, 6.07) is 1.50. The van der Waals surface area contributed by atoms with Gasteiger partial charge in [0.05, 0.1) is 12.2 Å². The van der Waals surface area contributed by atoms with Gasteiger partial charge in [-0.1, -0.05) is 0 Å². The maximum absolute atomic E-state index is 11.0. The Morgan fingerprint density at radius 2 is 2.33 bits per heavy atom. The Morgan fingerprint density at radius 3 is 2.93 bits per heavy atom. The topological polar surface area (TPSA) is 63.6 Å². The minimum atomic E-state index is -1.00. The second kappa shape index (κ2) is 5.31.